The molecular weight excluding hydrogens is 446 g/mol. The second kappa shape index (κ2) is 10.9. The van der Waals surface area contributed by atoms with E-state index in [1.807, 2.05) is 30.3 Å². The fraction of sp³-hybridized carbons (Fsp3) is 0.200. The smallest absolute Gasteiger partial charge is 0.298 e. The minimum absolute atomic E-state index is 0.121. The molecule has 2 unspecified atom stereocenters. The van der Waals surface area contributed by atoms with Gasteiger partial charge in [0.15, 0.2) is 11.6 Å². The fourth-order valence-corrected chi connectivity index (χ4v) is 3.16. The molecule has 0 N–H and O–H groups in total. The molecule has 0 spiro atoms. The van der Waals surface area contributed by atoms with Crippen molar-refractivity contribution in [2.75, 3.05) is 0 Å². The number of alkyl halides is 6. The summed E-state index contributed by atoms with van der Waals surface area (Å²) in [6.07, 6.45) is -10.3. The molecule has 0 aliphatic heterocycles. The van der Waals surface area contributed by atoms with E-state index in [-0.39, 0.29) is 5.78 Å². The number of carbonyl (C=O) groups is 2. The quantitative estimate of drug-likeness (QED) is 0.296. The highest BCUT2D eigenvalue weighted by molar-refractivity contribution is 5.94. The van der Waals surface area contributed by atoms with Gasteiger partial charge in [0, 0.05) is 5.56 Å². The summed E-state index contributed by atoms with van der Waals surface area (Å²) in [7, 11) is 0. The summed E-state index contributed by atoms with van der Waals surface area (Å²) in [6.45, 7) is 1.56. The van der Waals surface area contributed by atoms with Crippen LogP contribution >= 0.6 is 0 Å². The Morgan fingerprint density at radius 3 is 1.12 bits per heavy atom. The molecule has 3 rings (SSSR count). The van der Waals surface area contributed by atoms with Gasteiger partial charge in [-0.25, -0.2) is 0 Å². The van der Waals surface area contributed by atoms with E-state index in [1.165, 1.54) is 36.4 Å². The van der Waals surface area contributed by atoms with Gasteiger partial charge in [0.2, 0.25) is 0 Å². The van der Waals surface area contributed by atoms with Gasteiger partial charge in [-0.1, -0.05) is 91.0 Å². The number of benzene rings is 3. The lowest BCUT2D eigenvalue weighted by Crippen LogP contribution is -2.38. The van der Waals surface area contributed by atoms with Crippen molar-refractivity contribution in [1.29, 1.82) is 0 Å². The molecule has 0 fully saturated rings. The highest BCUT2D eigenvalue weighted by atomic mass is 19.4. The van der Waals surface area contributed by atoms with Crippen LogP contribution in [0, 0.1) is 0 Å². The third-order valence-corrected chi connectivity index (χ3v) is 4.67. The van der Waals surface area contributed by atoms with E-state index >= 15 is 0 Å². The van der Waals surface area contributed by atoms with E-state index in [0.717, 1.165) is 29.8 Å². The highest BCUT2D eigenvalue weighted by Crippen LogP contribution is 2.44. The normalized spacial score (nSPS) is 13.3. The lowest BCUT2D eigenvalue weighted by molar-refractivity contribution is -0.183. The molecule has 0 heterocycles. The SMILES string of the molecule is CC(=O)c1ccccc1.O=C(C(c1ccccc1)C(F)(F)F)C(c1ccccc1)C(F)(F)F. The van der Waals surface area contributed by atoms with Gasteiger partial charge in [-0.2, -0.15) is 26.3 Å². The molecular formula is C25H20F6O2. The summed E-state index contributed by atoms with van der Waals surface area (Å²) >= 11 is 0. The zero-order chi connectivity index (χ0) is 24.6. The van der Waals surface area contributed by atoms with E-state index in [0.29, 0.717) is 0 Å². The predicted molar refractivity (Wildman–Crippen MR) is 112 cm³/mol. The zero-order valence-electron chi connectivity index (χ0n) is 17.4. The Balaban J connectivity index is 0.000000357. The summed E-state index contributed by atoms with van der Waals surface area (Å²) in [5.41, 5.74) is -0.252. The standard InChI is InChI=1S/C17H12F6O.C8H8O/c18-16(19,20)13(11-7-3-1-4-8-11)15(24)14(17(21,22)23)12-9-5-2-6-10-12;1-7(9)8-5-3-2-4-6-8/h1-10,13-14H;2-6H,1H3. The summed E-state index contributed by atoms with van der Waals surface area (Å²) in [5.74, 6) is -7.50. The van der Waals surface area contributed by atoms with Crippen molar-refractivity contribution in [2.45, 2.75) is 31.1 Å². The molecule has 2 nitrogen and oxygen atoms in total. The second-order valence-electron chi connectivity index (χ2n) is 7.10. The van der Waals surface area contributed by atoms with Crippen molar-refractivity contribution in [3.05, 3.63) is 108 Å². The third kappa shape index (κ3) is 7.30. The first-order valence-corrected chi connectivity index (χ1v) is 9.76. The molecule has 33 heavy (non-hydrogen) atoms. The lowest BCUT2D eigenvalue weighted by Gasteiger charge is -2.26. The van der Waals surface area contributed by atoms with Gasteiger partial charge in [0.1, 0.15) is 11.8 Å². The number of halogens is 6. The lowest BCUT2D eigenvalue weighted by atomic mass is 9.83. The number of hydrogen-bond acceptors (Lipinski definition) is 2. The average Bonchev–Trinajstić information content (AvgIpc) is 2.74. The topological polar surface area (TPSA) is 34.1 Å². The number of ketones is 2. The molecule has 0 amide bonds. The minimum atomic E-state index is -5.13. The zero-order valence-corrected chi connectivity index (χ0v) is 17.4. The van der Waals surface area contributed by atoms with Crippen LogP contribution in [0.1, 0.15) is 40.2 Å². The first kappa shape index (κ1) is 25.8. The maximum Gasteiger partial charge on any atom is 0.402 e. The second-order valence-corrected chi connectivity index (χ2v) is 7.10. The van der Waals surface area contributed by atoms with Crippen LogP contribution in [0.15, 0.2) is 91.0 Å². The van der Waals surface area contributed by atoms with Crippen LogP contribution < -0.4 is 0 Å². The summed E-state index contributed by atoms with van der Waals surface area (Å²) < 4.78 is 80.0. The van der Waals surface area contributed by atoms with Gasteiger partial charge < -0.3 is 0 Å². The van der Waals surface area contributed by atoms with Gasteiger partial charge >= 0.3 is 12.4 Å². The van der Waals surface area contributed by atoms with Crippen molar-refractivity contribution >= 4 is 11.6 Å². The number of carbonyl (C=O) groups excluding carboxylic acids is 2. The van der Waals surface area contributed by atoms with Crippen molar-refractivity contribution in [1.82, 2.24) is 0 Å². The van der Waals surface area contributed by atoms with E-state index < -0.39 is 41.1 Å². The Hall–Kier alpha value is -3.42. The average molecular weight is 466 g/mol. The molecule has 0 bridgehead atoms. The number of Topliss-reactive ketones (excluding diaryl/α,β-unsaturated/α-hetero) is 2. The van der Waals surface area contributed by atoms with Crippen LogP contribution in [0.5, 0.6) is 0 Å². The Morgan fingerprint density at radius 1 is 0.576 bits per heavy atom. The largest absolute Gasteiger partial charge is 0.402 e. The van der Waals surface area contributed by atoms with Gasteiger partial charge in [-0.05, 0) is 18.1 Å². The number of rotatable bonds is 5. The van der Waals surface area contributed by atoms with Crippen LogP contribution in [-0.2, 0) is 4.79 Å². The molecule has 0 radical (unpaired) electrons. The van der Waals surface area contributed by atoms with Crippen molar-refractivity contribution in [3.8, 4) is 0 Å². The van der Waals surface area contributed by atoms with E-state index in [4.69, 9.17) is 0 Å². The predicted octanol–water partition coefficient (Wildman–Crippen LogP) is 7.14. The summed E-state index contributed by atoms with van der Waals surface area (Å²) in [4.78, 5) is 22.9. The molecule has 2 atom stereocenters. The third-order valence-electron chi connectivity index (χ3n) is 4.67. The molecule has 0 aromatic heterocycles. The van der Waals surface area contributed by atoms with Crippen molar-refractivity contribution < 1.29 is 35.9 Å². The molecule has 0 aliphatic carbocycles. The Bertz CT molecular complexity index is 970. The summed E-state index contributed by atoms with van der Waals surface area (Å²) in [6, 6.07) is 21.0. The van der Waals surface area contributed by atoms with Crippen LogP contribution in [0.2, 0.25) is 0 Å². The number of hydrogen-bond donors (Lipinski definition) is 0. The Labute approximate surface area is 186 Å². The fourth-order valence-electron chi connectivity index (χ4n) is 3.16. The minimum Gasteiger partial charge on any atom is -0.298 e. The Morgan fingerprint density at radius 2 is 0.879 bits per heavy atom. The van der Waals surface area contributed by atoms with Crippen LogP contribution in [0.4, 0.5) is 26.3 Å². The maximum absolute atomic E-state index is 13.3. The van der Waals surface area contributed by atoms with Crippen molar-refractivity contribution in [3.63, 3.8) is 0 Å². The Kier molecular flexibility index (Phi) is 8.56. The highest BCUT2D eigenvalue weighted by Gasteiger charge is 2.55. The van der Waals surface area contributed by atoms with Crippen molar-refractivity contribution in [2.24, 2.45) is 0 Å². The molecule has 0 saturated heterocycles. The summed E-state index contributed by atoms with van der Waals surface area (Å²) in [5, 5.41) is 0. The van der Waals surface area contributed by atoms with Gasteiger partial charge in [-0.3, -0.25) is 9.59 Å². The molecule has 0 saturated carbocycles. The van der Waals surface area contributed by atoms with E-state index in [2.05, 4.69) is 0 Å². The van der Waals surface area contributed by atoms with Crippen LogP contribution in [0.25, 0.3) is 0 Å². The maximum atomic E-state index is 13.3. The first-order valence-electron chi connectivity index (χ1n) is 9.76. The molecule has 3 aromatic carbocycles. The first-order chi connectivity index (χ1) is 15.4. The van der Waals surface area contributed by atoms with E-state index in [1.54, 1.807) is 6.92 Å². The van der Waals surface area contributed by atoms with Crippen LogP contribution in [-0.4, -0.2) is 23.9 Å². The van der Waals surface area contributed by atoms with Crippen LogP contribution in [0.3, 0.4) is 0 Å². The molecule has 174 valence electrons. The van der Waals surface area contributed by atoms with Gasteiger partial charge in [0.05, 0.1) is 0 Å². The van der Waals surface area contributed by atoms with Gasteiger partial charge in [-0.15, -0.1) is 0 Å². The molecule has 0 aliphatic rings. The van der Waals surface area contributed by atoms with Gasteiger partial charge in [0.25, 0.3) is 0 Å². The van der Waals surface area contributed by atoms with E-state index in [9.17, 15) is 35.9 Å². The molecule has 3 aromatic rings. The monoisotopic (exact) mass is 466 g/mol. The molecule has 8 heteroatoms.